The molecule has 0 bridgehead atoms. The highest BCUT2D eigenvalue weighted by atomic mass is 32.2. The van der Waals surface area contributed by atoms with Gasteiger partial charge >= 0.3 is 0 Å². The Balaban J connectivity index is 1.78. The number of benzene rings is 1. The predicted molar refractivity (Wildman–Crippen MR) is 109 cm³/mol. The molecule has 6 nitrogen and oxygen atoms in total. The van der Waals surface area contributed by atoms with Crippen molar-refractivity contribution in [3.05, 3.63) is 36.0 Å². The van der Waals surface area contributed by atoms with Crippen molar-refractivity contribution in [2.45, 2.75) is 19.8 Å². The van der Waals surface area contributed by atoms with E-state index in [0.29, 0.717) is 16.6 Å². The summed E-state index contributed by atoms with van der Waals surface area (Å²) >= 11 is 1.14. The number of nitrogens with one attached hydrogen (secondary N) is 4. The summed E-state index contributed by atoms with van der Waals surface area (Å²) in [4.78, 5) is 16.0. The van der Waals surface area contributed by atoms with E-state index in [1.165, 1.54) is 0 Å². The normalized spacial score (nSPS) is 16.2. The predicted octanol–water partition coefficient (Wildman–Crippen LogP) is 3.27. The van der Waals surface area contributed by atoms with Crippen molar-refractivity contribution in [2.75, 3.05) is 25.0 Å². The lowest BCUT2D eigenvalue weighted by molar-refractivity contribution is -0.116. The lowest BCUT2D eigenvalue weighted by Gasteiger charge is -2.32. The van der Waals surface area contributed by atoms with Crippen molar-refractivity contribution >= 4 is 44.7 Å². The summed E-state index contributed by atoms with van der Waals surface area (Å²) in [5, 5.41) is 25.0. The molecule has 2 heterocycles. The average molecular weight is 369 g/mol. The van der Waals surface area contributed by atoms with Crippen LogP contribution in [0.25, 0.3) is 10.8 Å². The molecule has 3 rings (SSSR count). The fourth-order valence-electron chi connectivity index (χ4n) is 3.12. The zero-order chi connectivity index (χ0) is 18.6. The topological polar surface area (TPSA) is 102 Å². The molecule has 136 valence electrons. The third kappa shape index (κ3) is 4.28. The van der Waals surface area contributed by atoms with Crippen LogP contribution in [0.1, 0.15) is 25.3 Å². The van der Waals surface area contributed by atoms with Crippen LogP contribution < -0.4 is 10.6 Å². The average Bonchev–Trinajstić information content (AvgIpc) is 2.66. The first kappa shape index (κ1) is 18.5. The molecule has 1 saturated heterocycles. The van der Waals surface area contributed by atoms with Gasteiger partial charge in [0.15, 0.2) is 0 Å². The number of carbonyl (C=O) groups is 1. The number of aldehydes is 1. The number of rotatable bonds is 5. The third-order valence-electron chi connectivity index (χ3n) is 4.71. The molecule has 0 spiro atoms. The molecule has 1 aromatic carbocycles. The Labute approximate surface area is 157 Å². The van der Waals surface area contributed by atoms with Gasteiger partial charge in [-0.2, -0.15) is 0 Å². The fourth-order valence-corrected chi connectivity index (χ4v) is 3.67. The van der Waals surface area contributed by atoms with Gasteiger partial charge in [0, 0.05) is 29.1 Å². The van der Waals surface area contributed by atoms with Gasteiger partial charge in [0.2, 0.25) is 0 Å². The van der Waals surface area contributed by atoms with Crippen LogP contribution in [0.3, 0.4) is 0 Å². The van der Waals surface area contributed by atoms with E-state index in [2.05, 4.69) is 15.6 Å². The maximum Gasteiger partial charge on any atom is 0.128 e. The van der Waals surface area contributed by atoms with E-state index < -0.39 is 0 Å². The number of anilines is 1. The molecule has 0 radical (unpaired) electrons. The Bertz CT molecular complexity index is 845. The van der Waals surface area contributed by atoms with Gasteiger partial charge in [-0.1, -0.05) is 23.9 Å². The molecule has 0 atom stereocenters. The first-order chi connectivity index (χ1) is 12.5. The monoisotopic (exact) mass is 369 g/mol. The Hall–Kier alpha value is -2.25. The van der Waals surface area contributed by atoms with Gasteiger partial charge in [-0.05, 0) is 50.4 Å². The number of hydrogen-bond acceptors (Lipinski definition) is 7. The lowest BCUT2D eigenvalue weighted by atomic mass is 9.80. The van der Waals surface area contributed by atoms with E-state index in [0.717, 1.165) is 66.1 Å². The highest BCUT2D eigenvalue weighted by molar-refractivity contribution is 8.26. The summed E-state index contributed by atoms with van der Waals surface area (Å²) < 4.78 is 0. The Morgan fingerprint density at radius 1 is 1.31 bits per heavy atom. The van der Waals surface area contributed by atoms with Crippen molar-refractivity contribution < 1.29 is 4.79 Å². The molecule has 0 amide bonds. The van der Waals surface area contributed by atoms with E-state index >= 15 is 0 Å². The third-order valence-corrected chi connectivity index (χ3v) is 5.46. The molecular formula is C19H23N5OS. The van der Waals surface area contributed by atoms with Crippen LogP contribution in [0.4, 0.5) is 5.82 Å². The van der Waals surface area contributed by atoms with E-state index in [9.17, 15) is 4.79 Å². The van der Waals surface area contributed by atoms with Crippen molar-refractivity contribution in [3.8, 4) is 0 Å². The summed E-state index contributed by atoms with van der Waals surface area (Å²) in [5.74, 6) is 0.733. The van der Waals surface area contributed by atoms with E-state index in [1.54, 1.807) is 13.1 Å². The van der Waals surface area contributed by atoms with Gasteiger partial charge in [0.05, 0.1) is 5.04 Å². The van der Waals surface area contributed by atoms with Crippen LogP contribution in [0, 0.1) is 16.2 Å². The van der Waals surface area contributed by atoms with Crippen LogP contribution in [-0.4, -0.2) is 41.0 Å². The second-order valence-electron chi connectivity index (χ2n) is 6.70. The van der Waals surface area contributed by atoms with Crippen LogP contribution >= 0.6 is 11.8 Å². The summed E-state index contributed by atoms with van der Waals surface area (Å²) in [5.41, 5.74) is 0.457. The number of pyridine rings is 1. The second-order valence-corrected chi connectivity index (χ2v) is 7.93. The van der Waals surface area contributed by atoms with Gasteiger partial charge in [-0.25, -0.2) is 4.98 Å². The molecule has 0 aliphatic carbocycles. The first-order valence-corrected chi connectivity index (χ1v) is 9.46. The Morgan fingerprint density at radius 3 is 2.77 bits per heavy atom. The fraction of sp³-hybridized carbons (Fsp3) is 0.368. The minimum Gasteiger partial charge on any atom is -0.369 e. The Kier molecular flexibility index (Phi) is 5.68. The Morgan fingerprint density at radius 2 is 2.08 bits per heavy atom. The van der Waals surface area contributed by atoms with Crippen molar-refractivity contribution in [2.24, 2.45) is 5.41 Å². The quantitative estimate of drug-likeness (QED) is 0.368. The molecule has 7 heteroatoms. The second kappa shape index (κ2) is 7.97. The molecule has 2 aromatic rings. The van der Waals surface area contributed by atoms with Crippen molar-refractivity contribution in [1.82, 2.24) is 10.3 Å². The maximum absolute atomic E-state index is 11.6. The smallest absolute Gasteiger partial charge is 0.128 e. The van der Waals surface area contributed by atoms with E-state index in [4.69, 9.17) is 10.8 Å². The number of piperidine rings is 1. The van der Waals surface area contributed by atoms with Crippen LogP contribution in [0.5, 0.6) is 0 Å². The zero-order valence-electron chi connectivity index (χ0n) is 14.8. The van der Waals surface area contributed by atoms with Gasteiger partial charge in [-0.3, -0.25) is 10.8 Å². The molecule has 26 heavy (non-hydrogen) atoms. The zero-order valence-corrected chi connectivity index (χ0v) is 15.6. The van der Waals surface area contributed by atoms with Crippen LogP contribution in [0.15, 0.2) is 30.5 Å². The number of hydrogen-bond donors (Lipinski definition) is 4. The summed E-state index contributed by atoms with van der Waals surface area (Å²) in [6.07, 6.45) is 4.55. The minimum absolute atomic E-state index is 0.329. The highest BCUT2D eigenvalue weighted by Gasteiger charge is 2.31. The van der Waals surface area contributed by atoms with E-state index in [1.807, 2.05) is 24.3 Å². The molecule has 1 aliphatic heterocycles. The standard InChI is InChI=1S/C19H23N5OS/c1-13(20)26-18(21)14-2-3-15-10-23-17(9-16(15)8-14)24-11-19(12-25)4-6-22-7-5-19/h2-3,8-10,12,20-22H,4-7,11H2,1H3,(H,23,24). The molecule has 4 N–H and O–H groups in total. The number of aromatic nitrogens is 1. The van der Waals surface area contributed by atoms with Crippen LogP contribution in [-0.2, 0) is 4.79 Å². The summed E-state index contributed by atoms with van der Waals surface area (Å²) in [6, 6.07) is 7.72. The van der Waals surface area contributed by atoms with Gasteiger partial charge in [0.1, 0.15) is 17.1 Å². The van der Waals surface area contributed by atoms with Crippen LogP contribution in [0.2, 0.25) is 0 Å². The summed E-state index contributed by atoms with van der Waals surface area (Å²) in [7, 11) is 0. The minimum atomic E-state index is -0.329. The molecule has 0 unspecified atom stereocenters. The maximum atomic E-state index is 11.6. The molecule has 1 aromatic heterocycles. The number of thioether (sulfide) groups is 1. The van der Waals surface area contributed by atoms with Crippen molar-refractivity contribution in [1.29, 1.82) is 10.8 Å². The number of nitrogens with zero attached hydrogens (tertiary/aromatic N) is 1. The van der Waals surface area contributed by atoms with Gasteiger partial charge in [-0.15, -0.1) is 0 Å². The molecule has 0 saturated carbocycles. The summed E-state index contributed by atoms with van der Waals surface area (Å²) in [6.45, 7) is 3.98. The largest absolute Gasteiger partial charge is 0.369 e. The number of carbonyl (C=O) groups excluding carboxylic acids is 1. The molecular weight excluding hydrogens is 346 g/mol. The molecule has 1 fully saturated rings. The highest BCUT2D eigenvalue weighted by Crippen LogP contribution is 2.27. The van der Waals surface area contributed by atoms with E-state index in [-0.39, 0.29) is 5.41 Å². The SMILES string of the molecule is CC(=N)SC(=N)c1ccc2cnc(NCC3(C=O)CCNCC3)cc2c1. The molecule has 1 aliphatic rings. The lowest BCUT2D eigenvalue weighted by Crippen LogP contribution is -2.42. The van der Waals surface area contributed by atoms with Gasteiger partial charge in [0.25, 0.3) is 0 Å². The van der Waals surface area contributed by atoms with Gasteiger partial charge < -0.3 is 15.4 Å². The number of fused-ring (bicyclic) bond motifs is 1. The van der Waals surface area contributed by atoms with Crippen molar-refractivity contribution in [3.63, 3.8) is 0 Å². The first-order valence-electron chi connectivity index (χ1n) is 8.64.